The van der Waals surface area contributed by atoms with Crippen LogP contribution in [0, 0.1) is 0 Å². The summed E-state index contributed by atoms with van der Waals surface area (Å²) in [7, 11) is 3.52. The Labute approximate surface area is 101 Å². The van der Waals surface area contributed by atoms with Crippen LogP contribution in [-0.4, -0.2) is 29.9 Å². The van der Waals surface area contributed by atoms with Crippen LogP contribution in [0.1, 0.15) is 35.8 Å². The highest BCUT2D eigenvalue weighted by Gasteiger charge is 2.13. The molecule has 0 bridgehead atoms. The molecule has 0 aliphatic carbocycles. The second-order valence-electron chi connectivity index (χ2n) is 4.85. The van der Waals surface area contributed by atoms with Crippen LogP contribution in [0.4, 0.5) is 0 Å². The molecule has 3 heteroatoms. The second-order valence-corrected chi connectivity index (χ2v) is 4.85. The van der Waals surface area contributed by atoms with Crippen molar-refractivity contribution < 1.29 is 4.79 Å². The highest BCUT2D eigenvalue weighted by Crippen LogP contribution is 2.26. The van der Waals surface area contributed by atoms with Crippen molar-refractivity contribution in [2.45, 2.75) is 19.8 Å². The fourth-order valence-corrected chi connectivity index (χ4v) is 2.04. The van der Waals surface area contributed by atoms with Gasteiger partial charge in [0, 0.05) is 25.0 Å². The summed E-state index contributed by atoms with van der Waals surface area (Å²) in [5, 5.41) is 1.15. The second kappa shape index (κ2) is 4.24. The minimum Gasteiger partial charge on any atom is -0.351 e. The average molecular weight is 230 g/mol. The summed E-state index contributed by atoms with van der Waals surface area (Å²) in [6, 6.07) is 8.10. The fourth-order valence-electron chi connectivity index (χ4n) is 2.04. The van der Waals surface area contributed by atoms with Gasteiger partial charge in [-0.3, -0.25) is 4.79 Å². The predicted molar refractivity (Wildman–Crippen MR) is 70.4 cm³/mol. The van der Waals surface area contributed by atoms with Gasteiger partial charge in [-0.2, -0.15) is 0 Å². The molecule has 1 heterocycles. The molecular formula is C14H18N2O. The van der Waals surface area contributed by atoms with E-state index in [1.807, 2.05) is 18.2 Å². The number of amides is 1. The summed E-state index contributed by atoms with van der Waals surface area (Å²) in [6.45, 7) is 4.32. The maximum atomic E-state index is 11.9. The van der Waals surface area contributed by atoms with E-state index in [0.29, 0.717) is 11.6 Å². The van der Waals surface area contributed by atoms with Crippen LogP contribution in [0.2, 0.25) is 0 Å². The summed E-state index contributed by atoms with van der Waals surface area (Å²) in [4.78, 5) is 16.7. The maximum absolute atomic E-state index is 11.9. The topological polar surface area (TPSA) is 36.1 Å². The van der Waals surface area contributed by atoms with Gasteiger partial charge in [-0.15, -0.1) is 0 Å². The van der Waals surface area contributed by atoms with Crippen molar-refractivity contribution in [2.24, 2.45) is 0 Å². The van der Waals surface area contributed by atoms with E-state index in [-0.39, 0.29) is 5.91 Å². The van der Waals surface area contributed by atoms with E-state index in [9.17, 15) is 4.79 Å². The molecule has 1 aromatic heterocycles. The smallest absolute Gasteiger partial charge is 0.269 e. The molecule has 0 saturated carbocycles. The van der Waals surface area contributed by atoms with Crippen molar-refractivity contribution in [3.63, 3.8) is 0 Å². The lowest BCUT2D eigenvalue weighted by Gasteiger charge is -2.07. The quantitative estimate of drug-likeness (QED) is 0.845. The molecule has 0 spiro atoms. The van der Waals surface area contributed by atoms with Crippen LogP contribution in [0.5, 0.6) is 0 Å². The van der Waals surface area contributed by atoms with Gasteiger partial charge in [0.1, 0.15) is 5.69 Å². The minimum atomic E-state index is 0.0101. The third kappa shape index (κ3) is 2.05. The standard InChI is InChI=1S/C14H18N2O/c1-9(2)10-6-5-7-12-11(10)8-13(15-12)14(17)16(3)4/h5-9,15H,1-4H3. The van der Waals surface area contributed by atoms with Crippen LogP contribution in [-0.2, 0) is 0 Å². The number of aromatic nitrogens is 1. The van der Waals surface area contributed by atoms with Crippen molar-refractivity contribution in [3.8, 4) is 0 Å². The third-order valence-corrected chi connectivity index (χ3v) is 2.96. The van der Waals surface area contributed by atoms with Gasteiger partial charge in [-0.1, -0.05) is 26.0 Å². The highest BCUT2D eigenvalue weighted by molar-refractivity contribution is 5.98. The summed E-state index contributed by atoms with van der Waals surface area (Å²) < 4.78 is 0. The average Bonchev–Trinajstić information content (AvgIpc) is 2.70. The zero-order valence-electron chi connectivity index (χ0n) is 10.7. The highest BCUT2D eigenvalue weighted by atomic mass is 16.2. The zero-order valence-corrected chi connectivity index (χ0v) is 10.7. The van der Waals surface area contributed by atoms with E-state index in [1.165, 1.54) is 5.56 Å². The molecule has 1 amide bonds. The van der Waals surface area contributed by atoms with Crippen molar-refractivity contribution >= 4 is 16.8 Å². The Morgan fingerprint density at radius 1 is 1.29 bits per heavy atom. The van der Waals surface area contributed by atoms with Gasteiger partial charge < -0.3 is 9.88 Å². The first-order chi connectivity index (χ1) is 8.00. The molecule has 0 aliphatic heterocycles. The van der Waals surface area contributed by atoms with Gasteiger partial charge in [-0.05, 0) is 23.6 Å². The fraction of sp³-hybridized carbons (Fsp3) is 0.357. The molecule has 1 N–H and O–H groups in total. The number of benzene rings is 1. The van der Waals surface area contributed by atoms with Crippen molar-refractivity contribution in [1.29, 1.82) is 0 Å². The Kier molecular flexibility index (Phi) is 2.92. The van der Waals surface area contributed by atoms with Crippen molar-refractivity contribution in [2.75, 3.05) is 14.1 Å². The number of fused-ring (bicyclic) bond motifs is 1. The molecule has 0 radical (unpaired) electrons. The number of hydrogen-bond acceptors (Lipinski definition) is 1. The number of aromatic amines is 1. The van der Waals surface area contributed by atoms with E-state index in [0.717, 1.165) is 10.9 Å². The lowest BCUT2D eigenvalue weighted by atomic mass is 9.99. The van der Waals surface area contributed by atoms with Crippen LogP contribution < -0.4 is 0 Å². The SMILES string of the molecule is CC(C)c1cccc2[nH]c(C(=O)N(C)C)cc12. The number of carbonyl (C=O) groups excluding carboxylic acids is 1. The first kappa shape index (κ1) is 11.7. The number of nitrogens with one attached hydrogen (secondary N) is 1. The number of nitrogens with zero attached hydrogens (tertiary/aromatic N) is 1. The van der Waals surface area contributed by atoms with E-state index >= 15 is 0 Å². The lowest BCUT2D eigenvalue weighted by molar-refractivity contribution is 0.0823. The Balaban J connectivity index is 2.58. The molecule has 0 atom stereocenters. The number of hydrogen-bond donors (Lipinski definition) is 1. The summed E-state index contributed by atoms with van der Waals surface area (Å²) >= 11 is 0. The third-order valence-electron chi connectivity index (χ3n) is 2.96. The molecule has 17 heavy (non-hydrogen) atoms. The molecule has 2 rings (SSSR count). The van der Waals surface area contributed by atoms with Crippen LogP contribution in [0.25, 0.3) is 10.9 Å². The molecule has 0 unspecified atom stereocenters. The molecule has 1 aromatic carbocycles. The first-order valence-corrected chi connectivity index (χ1v) is 5.84. The molecule has 3 nitrogen and oxygen atoms in total. The largest absolute Gasteiger partial charge is 0.351 e. The predicted octanol–water partition coefficient (Wildman–Crippen LogP) is 2.99. The molecule has 0 aliphatic rings. The number of H-pyrrole nitrogens is 1. The number of rotatable bonds is 2. The summed E-state index contributed by atoms with van der Waals surface area (Å²) in [5.74, 6) is 0.465. The minimum absolute atomic E-state index is 0.0101. The summed E-state index contributed by atoms with van der Waals surface area (Å²) in [5.41, 5.74) is 2.95. The normalized spacial score (nSPS) is 11.1. The molecule has 0 fully saturated rings. The van der Waals surface area contributed by atoms with E-state index in [4.69, 9.17) is 0 Å². The van der Waals surface area contributed by atoms with Gasteiger partial charge >= 0.3 is 0 Å². The molecule has 2 aromatic rings. The first-order valence-electron chi connectivity index (χ1n) is 5.84. The van der Waals surface area contributed by atoms with Crippen molar-refractivity contribution in [3.05, 3.63) is 35.5 Å². The number of carbonyl (C=O) groups is 1. The summed E-state index contributed by atoms with van der Waals surface area (Å²) in [6.07, 6.45) is 0. The van der Waals surface area contributed by atoms with E-state index in [2.05, 4.69) is 24.9 Å². The Morgan fingerprint density at radius 2 is 2.00 bits per heavy atom. The maximum Gasteiger partial charge on any atom is 0.269 e. The van der Waals surface area contributed by atoms with Gasteiger partial charge in [0.15, 0.2) is 0 Å². The lowest BCUT2D eigenvalue weighted by Crippen LogP contribution is -2.21. The van der Waals surface area contributed by atoms with Gasteiger partial charge in [0.05, 0.1) is 0 Å². The van der Waals surface area contributed by atoms with E-state index < -0.39 is 0 Å². The Bertz CT molecular complexity index is 552. The zero-order chi connectivity index (χ0) is 12.6. The Morgan fingerprint density at radius 3 is 2.59 bits per heavy atom. The van der Waals surface area contributed by atoms with Crippen molar-refractivity contribution in [1.82, 2.24) is 9.88 Å². The van der Waals surface area contributed by atoms with Gasteiger partial charge in [0.2, 0.25) is 0 Å². The monoisotopic (exact) mass is 230 g/mol. The van der Waals surface area contributed by atoms with Gasteiger partial charge in [0.25, 0.3) is 5.91 Å². The molecular weight excluding hydrogens is 212 g/mol. The van der Waals surface area contributed by atoms with Crippen LogP contribution >= 0.6 is 0 Å². The van der Waals surface area contributed by atoms with E-state index in [1.54, 1.807) is 19.0 Å². The molecule has 0 saturated heterocycles. The van der Waals surface area contributed by atoms with Crippen LogP contribution in [0.3, 0.4) is 0 Å². The van der Waals surface area contributed by atoms with Crippen LogP contribution in [0.15, 0.2) is 24.3 Å². The Hall–Kier alpha value is -1.77. The molecule has 90 valence electrons. The van der Waals surface area contributed by atoms with Gasteiger partial charge in [-0.25, -0.2) is 0 Å².